The molecule has 1 nitrogen and oxygen atoms in total. The van der Waals surface area contributed by atoms with Gasteiger partial charge in [0.05, 0.1) is 6.61 Å². The monoisotopic (exact) mass is 236 g/mol. The van der Waals surface area contributed by atoms with Gasteiger partial charge in [-0.2, -0.15) is 0 Å². The predicted octanol–water partition coefficient (Wildman–Crippen LogP) is 2.74. The number of rotatable bonds is 3. The number of alkyl halides is 1. The van der Waals surface area contributed by atoms with Crippen LogP contribution in [0.2, 0.25) is 0 Å². The van der Waals surface area contributed by atoms with E-state index in [1.54, 1.807) is 0 Å². The Labute approximate surface area is 77.5 Å². The maximum atomic E-state index is 12.5. The summed E-state index contributed by atoms with van der Waals surface area (Å²) < 4.78 is 30.0. The molecule has 0 saturated heterocycles. The molecule has 0 heterocycles. The van der Waals surface area contributed by atoms with Crippen molar-refractivity contribution in [3.8, 4) is 5.75 Å². The van der Waals surface area contributed by atoms with E-state index in [0.29, 0.717) is 17.7 Å². The smallest absolute Gasteiger partial charge is 0.162 e. The minimum absolute atomic E-state index is 0.341. The molecule has 4 heteroatoms. The van der Waals surface area contributed by atoms with E-state index in [2.05, 4.69) is 15.9 Å². The lowest BCUT2D eigenvalue weighted by Gasteiger charge is -2.03. The van der Waals surface area contributed by atoms with Crippen LogP contribution in [0, 0.1) is 11.6 Å². The van der Waals surface area contributed by atoms with Crippen molar-refractivity contribution in [2.24, 2.45) is 0 Å². The van der Waals surface area contributed by atoms with Gasteiger partial charge >= 0.3 is 0 Å². The van der Waals surface area contributed by atoms with Crippen LogP contribution in [0.25, 0.3) is 0 Å². The maximum Gasteiger partial charge on any atom is 0.162 e. The summed E-state index contributed by atoms with van der Waals surface area (Å²) in [4.78, 5) is 0. The van der Waals surface area contributed by atoms with Crippen LogP contribution in [0.15, 0.2) is 18.2 Å². The molecule has 0 N–H and O–H groups in total. The minimum atomic E-state index is -0.887. The van der Waals surface area contributed by atoms with Crippen LogP contribution < -0.4 is 4.74 Å². The summed E-state index contributed by atoms with van der Waals surface area (Å²) in [6.07, 6.45) is 0. The predicted molar refractivity (Wildman–Crippen MR) is 45.6 cm³/mol. The summed E-state index contributed by atoms with van der Waals surface area (Å²) in [6.45, 7) is 0.436. The van der Waals surface area contributed by atoms with Gasteiger partial charge in [0.1, 0.15) is 5.75 Å². The van der Waals surface area contributed by atoms with E-state index in [1.165, 1.54) is 6.07 Å². The Morgan fingerprint density at radius 3 is 2.58 bits per heavy atom. The first-order chi connectivity index (χ1) is 5.74. The zero-order valence-corrected chi connectivity index (χ0v) is 7.77. The van der Waals surface area contributed by atoms with Gasteiger partial charge in [0.25, 0.3) is 0 Å². The molecule has 0 atom stereocenters. The lowest BCUT2D eigenvalue weighted by Crippen LogP contribution is -1.98. The SMILES string of the molecule is Fc1ccc(OCCBr)cc1F. The molecule has 0 spiro atoms. The molecule has 1 aromatic carbocycles. The van der Waals surface area contributed by atoms with E-state index in [4.69, 9.17) is 4.74 Å². The Morgan fingerprint density at radius 1 is 1.25 bits per heavy atom. The second-order valence-electron chi connectivity index (χ2n) is 2.11. The first-order valence-corrected chi connectivity index (χ1v) is 4.50. The molecule has 1 rings (SSSR count). The van der Waals surface area contributed by atoms with Gasteiger partial charge in [0.2, 0.25) is 0 Å². The molecule has 0 radical (unpaired) electrons. The Hall–Kier alpha value is -0.640. The number of halogens is 3. The van der Waals surface area contributed by atoms with Crippen LogP contribution in [0.5, 0.6) is 5.75 Å². The van der Waals surface area contributed by atoms with Crippen LogP contribution in [0.1, 0.15) is 0 Å². The maximum absolute atomic E-state index is 12.5. The van der Waals surface area contributed by atoms with E-state index < -0.39 is 11.6 Å². The molecular weight excluding hydrogens is 230 g/mol. The molecule has 0 aliphatic carbocycles. The van der Waals surface area contributed by atoms with Gasteiger partial charge in [-0.15, -0.1) is 0 Å². The standard InChI is InChI=1S/C8H7BrF2O/c9-3-4-12-6-1-2-7(10)8(11)5-6/h1-2,5H,3-4H2. The summed E-state index contributed by atoms with van der Waals surface area (Å²) in [6, 6.07) is 3.46. The molecule has 0 unspecified atom stereocenters. The lowest BCUT2D eigenvalue weighted by molar-refractivity contribution is 0.341. The van der Waals surface area contributed by atoms with Crippen LogP contribution in [0.3, 0.4) is 0 Å². The third-order valence-corrected chi connectivity index (χ3v) is 1.56. The third kappa shape index (κ3) is 2.44. The molecule has 12 heavy (non-hydrogen) atoms. The summed E-state index contributed by atoms with van der Waals surface area (Å²) in [7, 11) is 0. The highest BCUT2D eigenvalue weighted by atomic mass is 79.9. The van der Waals surface area contributed by atoms with Gasteiger partial charge in [-0.1, -0.05) is 15.9 Å². The average molecular weight is 237 g/mol. The molecule has 1 aromatic rings. The fraction of sp³-hybridized carbons (Fsp3) is 0.250. The average Bonchev–Trinajstić information content (AvgIpc) is 2.07. The van der Waals surface area contributed by atoms with Gasteiger partial charge in [0, 0.05) is 11.4 Å². The Bertz CT molecular complexity index is 265. The quantitative estimate of drug-likeness (QED) is 0.734. The Kier molecular flexibility index (Phi) is 3.47. The zero-order chi connectivity index (χ0) is 8.97. The molecule has 0 saturated carbocycles. The van der Waals surface area contributed by atoms with Crippen molar-refractivity contribution in [1.29, 1.82) is 0 Å². The fourth-order valence-electron chi connectivity index (χ4n) is 0.723. The van der Waals surface area contributed by atoms with Crippen molar-refractivity contribution in [2.75, 3.05) is 11.9 Å². The van der Waals surface area contributed by atoms with Crippen molar-refractivity contribution >= 4 is 15.9 Å². The van der Waals surface area contributed by atoms with Crippen molar-refractivity contribution in [3.05, 3.63) is 29.8 Å². The zero-order valence-electron chi connectivity index (χ0n) is 6.19. The number of hydrogen-bond acceptors (Lipinski definition) is 1. The van der Waals surface area contributed by atoms with Crippen molar-refractivity contribution in [1.82, 2.24) is 0 Å². The molecular formula is C8H7BrF2O. The molecule has 0 fully saturated rings. The first-order valence-electron chi connectivity index (χ1n) is 3.38. The van der Waals surface area contributed by atoms with E-state index in [9.17, 15) is 8.78 Å². The molecule has 0 aromatic heterocycles. The van der Waals surface area contributed by atoms with E-state index in [0.717, 1.165) is 12.1 Å². The Morgan fingerprint density at radius 2 is 2.00 bits per heavy atom. The largest absolute Gasteiger partial charge is 0.493 e. The van der Waals surface area contributed by atoms with Gasteiger partial charge < -0.3 is 4.74 Å². The first kappa shape index (κ1) is 9.45. The lowest BCUT2D eigenvalue weighted by atomic mass is 10.3. The van der Waals surface area contributed by atoms with Crippen LogP contribution in [-0.2, 0) is 0 Å². The number of hydrogen-bond donors (Lipinski definition) is 0. The van der Waals surface area contributed by atoms with Crippen LogP contribution in [0.4, 0.5) is 8.78 Å². The molecule has 0 amide bonds. The Balaban J connectivity index is 2.69. The molecule has 66 valence electrons. The second-order valence-corrected chi connectivity index (χ2v) is 2.91. The minimum Gasteiger partial charge on any atom is -0.493 e. The van der Waals surface area contributed by atoms with Crippen molar-refractivity contribution in [2.45, 2.75) is 0 Å². The van der Waals surface area contributed by atoms with E-state index in [1.807, 2.05) is 0 Å². The highest BCUT2D eigenvalue weighted by molar-refractivity contribution is 9.09. The third-order valence-electron chi connectivity index (χ3n) is 1.24. The van der Waals surface area contributed by atoms with Gasteiger partial charge in [0.15, 0.2) is 11.6 Å². The fourth-order valence-corrected chi connectivity index (χ4v) is 0.885. The molecule has 0 aliphatic heterocycles. The second kappa shape index (κ2) is 4.40. The molecule has 0 bridgehead atoms. The summed E-state index contributed by atoms with van der Waals surface area (Å²) in [5.74, 6) is -1.41. The highest BCUT2D eigenvalue weighted by Crippen LogP contribution is 2.15. The summed E-state index contributed by atoms with van der Waals surface area (Å²) >= 11 is 3.15. The summed E-state index contributed by atoms with van der Waals surface area (Å²) in [5.41, 5.74) is 0. The number of benzene rings is 1. The van der Waals surface area contributed by atoms with Crippen LogP contribution in [-0.4, -0.2) is 11.9 Å². The van der Waals surface area contributed by atoms with E-state index >= 15 is 0 Å². The highest BCUT2D eigenvalue weighted by Gasteiger charge is 2.02. The number of ether oxygens (including phenoxy) is 1. The van der Waals surface area contributed by atoms with Gasteiger partial charge in [-0.3, -0.25) is 0 Å². The van der Waals surface area contributed by atoms with E-state index in [-0.39, 0.29) is 0 Å². The van der Waals surface area contributed by atoms with Crippen molar-refractivity contribution < 1.29 is 13.5 Å². The normalized spacial score (nSPS) is 9.92. The topological polar surface area (TPSA) is 9.23 Å². The summed E-state index contributed by atoms with van der Waals surface area (Å²) in [5, 5.41) is 0.659. The van der Waals surface area contributed by atoms with Crippen LogP contribution >= 0.6 is 15.9 Å². The van der Waals surface area contributed by atoms with Gasteiger partial charge in [-0.25, -0.2) is 8.78 Å². The molecule has 0 aliphatic rings. The van der Waals surface area contributed by atoms with Gasteiger partial charge in [-0.05, 0) is 12.1 Å². The van der Waals surface area contributed by atoms with Crippen molar-refractivity contribution in [3.63, 3.8) is 0 Å².